The Kier molecular flexibility index (Phi) is 3.13. The summed E-state index contributed by atoms with van der Waals surface area (Å²) in [5.74, 6) is -1.39. The maximum absolute atomic E-state index is 13.0. The zero-order valence-electron chi connectivity index (χ0n) is 7.24. The summed E-state index contributed by atoms with van der Waals surface area (Å²) in [6.45, 7) is 0. The summed E-state index contributed by atoms with van der Waals surface area (Å²) in [6.07, 6.45) is 0. The quantitative estimate of drug-likeness (QED) is 0.574. The van der Waals surface area contributed by atoms with Crippen LogP contribution in [0.1, 0.15) is 0 Å². The molecule has 1 fully saturated rings. The molecule has 0 aliphatic carbocycles. The van der Waals surface area contributed by atoms with E-state index in [0.717, 1.165) is 7.05 Å². The topological polar surface area (TPSA) is 20.3 Å². The van der Waals surface area contributed by atoms with Gasteiger partial charge in [-0.25, -0.2) is 0 Å². The average molecular weight is 286 g/mol. The normalized spacial score (nSPS) is 22.3. The van der Waals surface area contributed by atoms with Crippen LogP contribution < -0.4 is 0 Å². The van der Waals surface area contributed by atoms with Gasteiger partial charge in [-0.2, -0.15) is 17.6 Å². The molecule has 1 saturated heterocycles. The Bertz CT molecular complexity index is 276. The molecule has 0 aromatic heterocycles. The van der Waals surface area contributed by atoms with Gasteiger partial charge in [-0.3, -0.25) is 4.79 Å². The summed E-state index contributed by atoms with van der Waals surface area (Å²) in [5, 5.41) is -8.66. The van der Waals surface area contributed by atoms with Gasteiger partial charge in [0.1, 0.15) is 0 Å². The predicted octanol–water partition coefficient (Wildman–Crippen LogP) is 2.55. The van der Waals surface area contributed by atoms with Crippen molar-refractivity contribution in [3.63, 3.8) is 0 Å². The number of hydrogen-bond acceptors (Lipinski definition) is 2. The third-order valence-corrected chi connectivity index (χ3v) is 4.39. The molecule has 1 rings (SSSR count). The zero-order valence-corrected chi connectivity index (χ0v) is 9.57. The number of carbonyl (C=O) groups excluding carboxylic acids is 1. The number of rotatable bonds is 2. The first-order valence-corrected chi connectivity index (χ1v) is 5.32. The molecule has 1 aliphatic heterocycles. The van der Waals surface area contributed by atoms with Crippen LogP contribution in [0.15, 0.2) is 0 Å². The highest BCUT2D eigenvalue weighted by atomic mass is 35.5. The highest BCUT2D eigenvalue weighted by Gasteiger charge is 2.73. The fraction of sp³-hybridized carbons (Fsp3) is 0.833. The number of carbonyl (C=O) groups is 1. The van der Waals surface area contributed by atoms with Gasteiger partial charge in [0.25, 0.3) is 0 Å². The molecular formula is C6H5Cl2F4NOS. The number of halogens is 6. The number of thioether (sulfide) groups is 1. The van der Waals surface area contributed by atoms with Crippen LogP contribution in [0.2, 0.25) is 0 Å². The second-order valence-electron chi connectivity index (χ2n) is 2.88. The van der Waals surface area contributed by atoms with Crippen LogP contribution in [0.25, 0.3) is 0 Å². The number of amides is 1. The van der Waals surface area contributed by atoms with E-state index in [1.165, 1.54) is 0 Å². The van der Waals surface area contributed by atoms with Gasteiger partial charge in [-0.15, -0.1) is 11.8 Å². The van der Waals surface area contributed by atoms with E-state index in [1.54, 1.807) is 0 Å². The second-order valence-corrected chi connectivity index (χ2v) is 5.00. The van der Waals surface area contributed by atoms with Crippen molar-refractivity contribution in [2.75, 3.05) is 12.8 Å². The summed E-state index contributed by atoms with van der Waals surface area (Å²) >= 11 is 9.29. The molecule has 2 nitrogen and oxygen atoms in total. The highest BCUT2D eigenvalue weighted by Crippen LogP contribution is 2.58. The van der Waals surface area contributed by atoms with Crippen molar-refractivity contribution in [1.29, 1.82) is 0 Å². The van der Waals surface area contributed by atoms with E-state index in [4.69, 9.17) is 0 Å². The smallest absolute Gasteiger partial charge is 0.317 e. The lowest BCUT2D eigenvalue weighted by Crippen LogP contribution is -2.61. The monoisotopic (exact) mass is 285 g/mol. The van der Waals surface area contributed by atoms with Gasteiger partial charge in [-0.1, -0.05) is 0 Å². The van der Waals surface area contributed by atoms with Crippen LogP contribution in [0.3, 0.4) is 0 Å². The van der Waals surface area contributed by atoms with E-state index < -0.39 is 27.3 Å². The molecule has 9 heteroatoms. The highest BCUT2D eigenvalue weighted by molar-refractivity contribution is 8.02. The standard InChI is InChI=1S/C6H5Cl2F4NOS/c1-13-3(14)2-15-4(13,5(7,9)10)6(8,11)12/h2H2,1H3. The Morgan fingerprint density at radius 3 is 1.87 bits per heavy atom. The maximum Gasteiger partial charge on any atom is 0.361 e. The van der Waals surface area contributed by atoms with Gasteiger partial charge in [0.15, 0.2) is 0 Å². The Morgan fingerprint density at radius 2 is 1.73 bits per heavy atom. The molecule has 1 aliphatic rings. The molecule has 1 heterocycles. The van der Waals surface area contributed by atoms with Gasteiger partial charge < -0.3 is 4.90 Å². The van der Waals surface area contributed by atoms with E-state index >= 15 is 0 Å². The Hall–Kier alpha value is 0.120. The lowest BCUT2D eigenvalue weighted by molar-refractivity contribution is -0.150. The van der Waals surface area contributed by atoms with Gasteiger partial charge in [-0.05, 0) is 23.2 Å². The molecule has 0 spiro atoms. The maximum atomic E-state index is 13.0. The van der Waals surface area contributed by atoms with Gasteiger partial charge in [0, 0.05) is 7.05 Å². The van der Waals surface area contributed by atoms with E-state index in [-0.39, 0.29) is 16.7 Å². The minimum Gasteiger partial charge on any atom is -0.317 e. The minimum atomic E-state index is -4.33. The van der Waals surface area contributed by atoms with E-state index in [2.05, 4.69) is 23.2 Å². The molecule has 0 saturated carbocycles. The predicted molar refractivity (Wildman–Crippen MR) is 49.6 cm³/mol. The van der Waals surface area contributed by atoms with E-state index in [1.807, 2.05) is 0 Å². The molecule has 0 radical (unpaired) electrons. The number of hydrogen-bond donors (Lipinski definition) is 0. The molecule has 0 unspecified atom stereocenters. The lowest BCUT2D eigenvalue weighted by atomic mass is 10.2. The van der Waals surface area contributed by atoms with Crippen molar-refractivity contribution in [1.82, 2.24) is 4.90 Å². The van der Waals surface area contributed by atoms with E-state index in [9.17, 15) is 22.4 Å². The number of nitrogens with zero attached hydrogens (tertiary/aromatic N) is 1. The zero-order chi connectivity index (χ0) is 12.1. The summed E-state index contributed by atoms with van der Waals surface area (Å²) in [4.78, 5) is 7.96. The Morgan fingerprint density at radius 1 is 1.33 bits per heavy atom. The fourth-order valence-electron chi connectivity index (χ4n) is 1.24. The summed E-state index contributed by atoms with van der Waals surface area (Å²) < 4.78 is 52.0. The van der Waals surface area contributed by atoms with Crippen molar-refractivity contribution >= 4 is 40.9 Å². The number of alkyl halides is 6. The van der Waals surface area contributed by atoms with Crippen LogP contribution in [0, 0.1) is 0 Å². The van der Waals surface area contributed by atoms with Crippen molar-refractivity contribution in [3.05, 3.63) is 0 Å². The molecular weight excluding hydrogens is 281 g/mol. The first-order chi connectivity index (χ1) is 6.54. The molecule has 0 N–H and O–H groups in total. The molecule has 0 atom stereocenters. The summed E-state index contributed by atoms with van der Waals surface area (Å²) in [5.41, 5.74) is 0. The second kappa shape index (κ2) is 3.56. The third-order valence-electron chi connectivity index (χ3n) is 2.02. The Balaban J connectivity index is 3.28. The van der Waals surface area contributed by atoms with Crippen LogP contribution in [0.5, 0.6) is 0 Å². The van der Waals surface area contributed by atoms with Crippen LogP contribution in [-0.4, -0.2) is 39.2 Å². The molecule has 0 aromatic carbocycles. The van der Waals surface area contributed by atoms with E-state index in [0.29, 0.717) is 0 Å². The van der Waals surface area contributed by atoms with Gasteiger partial charge in [0.2, 0.25) is 10.8 Å². The third kappa shape index (κ3) is 1.78. The lowest BCUT2D eigenvalue weighted by Gasteiger charge is -2.40. The van der Waals surface area contributed by atoms with Crippen molar-refractivity contribution in [2.45, 2.75) is 15.6 Å². The molecule has 15 heavy (non-hydrogen) atoms. The molecule has 1 amide bonds. The molecule has 0 bridgehead atoms. The SMILES string of the molecule is CN1C(=O)CSC1(C(F)(F)Cl)C(F)(F)Cl. The minimum absolute atomic E-state index is 0.0324. The fourth-order valence-corrected chi connectivity index (χ4v) is 3.26. The molecule has 88 valence electrons. The van der Waals surface area contributed by atoms with Crippen molar-refractivity contribution < 1.29 is 22.4 Å². The van der Waals surface area contributed by atoms with Gasteiger partial charge >= 0.3 is 10.8 Å². The van der Waals surface area contributed by atoms with Crippen molar-refractivity contribution in [3.8, 4) is 0 Å². The van der Waals surface area contributed by atoms with Crippen LogP contribution in [-0.2, 0) is 4.79 Å². The van der Waals surface area contributed by atoms with Crippen LogP contribution in [0.4, 0.5) is 17.6 Å². The van der Waals surface area contributed by atoms with Crippen LogP contribution >= 0.6 is 35.0 Å². The molecule has 0 aromatic rings. The summed E-state index contributed by atoms with van der Waals surface area (Å²) in [7, 11) is 0.814. The Labute approximate surface area is 96.9 Å². The largest absolute Gasteiger partial charge is 0.361 e. The average Bonchev–Trinajstić information content (AvgIpc) is 2.26. The summed E-state index contributed by atoms with van der Waals surface area (Å²) in [6, 6.07) is 0. The van der Waals surface area contributed by atoms with Gasteiger partial charge in [0.05, 0.1) is 5.75 Å². The first kappa shape index (κ1) is 13.2. The first-order valence-electron chi connectivity index (χ1n) is 3.58. The van der Waals surface area contributed by atoms with Crippen molar-refractivity contribution in [2.24, 2.45) is 0 Å².